The number of aliphatic hydroxyl groups excluding tert-OH is 1. The second kappa shape index (κ2) is 5.94. The Kier molecular flexibility index (Phi) is 4.45. The predicted octanol–water partition coefficient (Wildman–Crippen LogP) is 1.72. The normalized spacial score (nSPS) is 23.1. The van der Waals surface area contributed by atoms with Crippen LogP contribution < -0.4 is 0 Å². The van der Waals surface area contributed by atoms with Gasteiger partial charge >= 0.3 is 5.97 Å². The fourth-order valence-electron chi connectivity index (χ4n) is 3.10. The third-order valence-corrected chi connectivity index (χ3v) is 4.06. The maximum absolute atomic E-state index is 11.8. The van der Waals surface area contributed by atoms with Crippen molar-refractivity contribution in [1.29, 1.82) is 0 Å². The first kappa shape index (κ1) is 15.0. The second-order valence-electron chi connectivity index (χ2n) is 5.74. The van der Waals surface area contributed by atoms with E-state index in [9.17, 15) is 9.90 Å². The molecule has 0 spiro atoms. The minimum Gasteiger partial charge on any atom is -0.468 e. The molecule has 110 valence electrons. The molecule has 1 aromatic carbocycles. The highest BCUT2D eigenvalue weighted by Crippen LogP contribution is 2.25. The van der Waals surface area contributed by atoms with Crippen molar-refractivity contribution in [2.75, 3.05) is 13.7 Å². The van der Waals surface area contributed by atoms with E-state index in [0.717, 1.165) is 0 Å². The first-order valence-electron chi connectivity index (χ1n) is 6.99. The average molecular weight is 277 g/mol. The van der Waals surface area contributed by atoms with E-state index in [0.29, 0.717) is 19.5 Å². The molecule has 0 aromatic heterocycles. The van der Waals surface area contributed by atoms with E-state index in [1.165, 1.54) is 29.4 Å². The highest BCUT2D eigenvalue weighted by Gasteiger charge is 2.36. The summed E-state index contributed by atoms with van der Waals surface area (Å²) in [4.78, 5) is 13.8. The van der Waals surface area contributed by atoms with Crippen LogP contribution in [0.5, 0.6) is 0 Å². The lowest BCUT2D eigenvalue weighted by Gasteiger charge is -2.24. The van der Waals surface area contributed by atoms with Crippen molar-refractivity contribution in [1.82, 2.24) is 4.90 Å². The molecule has 1 fully saturated rings. The van der Waals surface area contributed by atoms with Crippen LogP contribution in [-0.2, 0) is 16.1 Å². The molecule has 1 aliphatic rings. The highest BCUT2D eigenvalue weighted by atomic mass is 16.5. The van der Waals surface area contributed by atoms with Gasteiger partial charge in [-0.15, -0.1) is 0 Å². The Morgan fingerprint density at radius 2 is 1.95 bits per heavy atom. The molecule has 2 atom stereocenters. The SMILES string of the molecule is COC(=O)C1CC(O)CN1Cc1c(C)cc(C)cc1C. The van der Waals surface area contributed by atoms with Crippen molar-refractivity contribution in [3.8, 4) is 0 Å². The van der Waals surface area contributed by atoms with Crippen LogP contribution in [0.1, 0.15) is 28.7 Å². The van der Waals surface area contributed by atoms with Crippen LogP contribution in [0, 0.1) is 20.8 Å². The summed E-state index contributed by atoms with van der Waals surface area (Å²) in [5.74, 6) is -0.260. The quantitative estimate of drug-likeness (QED) is 0.855. The fourth-order valence-corrected chi connectivity index (χ4v) is 3.10. The summed E-state index contributed by atoms with van der Waals surface area (Å²) in [7, 11) is 1.40. The van der Waals surface area contributed by atoms with Crippen molar-refractivity contribution in [3.05, 3.63) is 34.4 Å². The summed E-state index contributed by atoms with van der Waals surface area (Å²) >= 11 is 0. The van der Waals surface area contributed by atoms with E-state index in [1.54, 1.807) is 0 Å². The molecule has 1 saturated heterocycles. The third-order valence-electron chi connectivity index (χ3n) is 4.06. The van der Waals surface area contributed by atoms with Gasteiger partial charge < -0.3 is 9.84 Å². The van der Waals surface area contributed by atoms with E-state index in [1.807, 2.05) is 4.90 Å². The maximum atomic E-state index is 11.8. The van der Waals surface area contributed by atoms with Gasteiger partial charge in [0.15, 0.2) is 0 Å². The first-order chi connectivity index (χ1) is 9.42. The molecule has 20 heavy (non-hydrogen) atoms. The molecule has 0 amide bonds. The van der Waals surface area contributed by atoms with E-state index < -0.39 is 6.10 Å². The van der Waals surface area contributed by atoms with Gasteiger partial charge in [0.1, 0.15) is 6.04 Å². The number of rotatable bonds is 3. The molecule has 0 bridgehead atoms. The Balaban J connectivity index is 2.22. The molecule has 4 nitrogen and oxygen atoms in total. The van der Waals surface area contributed by atoms with Gasteiger partial charge in [-0.05, 0) is 37.5 Å². The average Bonchev–Trinajstić information content (AvgIpc) is 2.74. The van der Waals surface area contributed by atoms with Gasteiger partial charge in [-0.3, -0.25) is 9.69 Å². The molecule has 2 unspecified atom stereocenters. The van der Waals surface area contributed by atoms with E-state index >= 15 is 0 Å². The molecular weight excluding hydrogens is 254 g/mol. The molecule has 1 aliphatic heterocycles. The number of ether oxygens (including phenoxy) is 1. The number of likely N-dealkylation sites (tertiary alicyclic amines) is 1. The zero-order chi connectivity index (χ0) is 14.9. The zero-order valence-electron chi connectivity index (χ0n) is 12.6. The van der Waals surface area contributed by atoms with Gasteiger partial charge in [0.2, 0.25) is 0 Å². The van der Waals surface area contributed by atoms with Crippen molar-refractivity contribution in [2.45, 2.75) is 45.9 Å². The number of benzene rings is 1. The predicted molar refractivity (Wildman–Crippen MR) is 77.5 cm³/mol. The second-order valence-corrected chi connectivity index (χ2v) is 5.74. The van der Waals surface area contributed by atoms with Crippen LogP contribution in [0.15, 0.2) is 12.1 Å². The lowest BCUT2D eigenvalue weighted by molar-refractivity contribution is -0.146. The monoisotopic (exact) mass is 277 g/mol. The van der Waals surface area contributed by atoms with Crippen molar-refractivity contribution < 1.29 is 14.6 Å². The molecule has 2 rings (SSSR count). The lowest BCUT2D eigenvalue weighted by atomic mass is 9.99. The third kappa shape index (κ3) is 3.02. The van der Waals surface area contributed by atoms with Crippen LogP contribution in [0.25, 0.3) is 0 Å². The molecule has 0 saturated carbocycles. The van der Waals surface area contributed by atoms with E-state index in [4.69, 9.17) is 4.74 Å². The number of nitrogens with zero attached hydrogens (tertiary/aromatic N) is 1. The van der Waals surface area contributed by atoms with Crippen LogP contribution in [0.3, 0.4) is 0 Å². The van der Waals surface area contributed by atoms with Gasteiger partial charge in [-0.1, -0.05) is 17.7 Å². The number of aryl methyl sites for hydroxylation is 3. The van der Waals surface area contributed by atoms with Gasteiger partial charge in [0.05, 0.1) is 13.2 Å². The first-order valence-corrected chi connectivity index (χ1v) is 6.99. The highest BCUT2D eigenvalue weighted by molar-refractivity contribution is 5.76. The number of carbonyl (C=O) groups excluding carboxylic acids is 1. The largest absolute Gasteiger partial charge is 0.468 e. The Bertz CT molecular complexity index is 489. The number of hydrogen-bond donors (Lipinski definition) is 1. The summed E-state index contributed by atoms with van der Waals surface area (Å²) in [5.41, 5.74) is 4.94. The number of β-amino-alcohol motifs (C(OH)–C–C–N with tert-alkyl or cyclic N) is 1. The van der Waals surface area contributed by atoms with Crippen LogP contribution in [-0.4, -0.2) is 41.8 Å². The van der Waals surface area contributed by atoms with Gasteiger partial charge in [-0.2, -0.15) is 0 Å². The molecule has 0 aliphatic carbocycles. The van der Waals surface area contributed by atoms with Gasteiger partial charge in [0, 0.05) is 19.5 Å². The van der Waals surface area contributed by atoms with Crippen LogP contribution >= 0.6 is 0 Å². The van der Waals surface area contributed by atoms with Crippen LogP contribution in [0.2, 0.25) is 0 Å². The van der Waals surface area contributed by atoms with Crippen molar-refractivity contribution in [2.24, 2.45) is 0 Å². The summed E-state index contributed by atoms with van der Waals surface area (Å²) in [6.07, 6.45) is 0.00144. The van der Waals surface area contributed by atoms with Crippen molar-refractivity contribution >= 4 is 5.97 Å². The zero-order valence-corrected chi connectivity index (χ0v) is 12.6. The van der Waals surface area contributed by atoms with Crippen molar-refractivity contribution in [3.63, 3.8) is 0 Å². The fraction of sp³-hybridized carbons (Fsp3) is 0.562. The van der Waals surface area contributed by atoms with E-state index in [2.05, 4.69) is 32.9 Å². The Hall–Kier alpha value is -1.39. The maximum Gasteiger partial charge on any atom is 0.323 e. The molecule has 0 radical (unpaired) electrons. The summed E-state index contributed by atoms with van der Waals surface area (Å²) in [6.45, 7) is 7.46. The van der Waals surface area contributed by atoms with Crippen LogP contribution in [0.4, 0.5) is 0 Å². The summed E-state index contributed by atoms with van der Waals surface area (Å²) in [6, 6.07) is 3.97. The summed E-state index contributed by atoms with van der Waals surface area (Å²) < 4.78 is 4.84. The topological polar surface area (TPSA) is 49.8 Å². The smallest absolute Gasteiger partial charge is 0.323 e. The van der Waals surface area contributed by atoms with Gasteiger partial charge in [0.25, 0.3) is 0 Å². The Morgan fingerprint density at radius 1 is 1.35 bits per heavy atom. The van der Waals surface area contributed by atoms with Gasteiger partial charge in [-0.25, -0.2) is 0 Å². The standard InChI is InChI=1S/C16H23NO3/c1-10-5-11(2)14(12(3)6-10)9-17-8-13(18)7-15(17)16(19)20-4/h5-6,13,15,18H,7-9H2,1-4H3. The Labute approximate surface area is 120 Å². The molecule has 1 heterocycles. The molecular formula is C16H23NO3. The summed E-state index contributed by atoms with van der Waals surface area (Å²) in [5, 5.41) is 9.83. The number of aliphatic hydroxyl groups is 1. The number of hydrogen-bond acceptors (Lipinski definition) is 4. The lowest BCUT2D eigenvalue weighted by Crippen LogP contribution is -2.36. The molecule has 1 N–H and O–H groups in total. The van der Waals surface area contributed by atoms with E-state index in [-0.39, 0.29) is 12.0 Å². The minimum atomic E-state index is -0.454. The number of esters is 1. The molecule has 1 aromatic rings. The minimum absolute atomic E-state index is 0.260. The number of carbonyl (C=O) groups is 1. The number of methoxy groups -OCH3 is 1. The molecule has 4 heteroatoms. The Morgan fingerprint density at radius 3 is 2.50 bits per heavy atom.